The van der Waals surface area contributed by atoms with Crippen molar-refractivity contribution in [2.45, 2.75) is 60.5 Å². The van der Waals surface area contributed by atoms with Crippen LogP contribution >= 0.6 is 47.8 Å². The molecule has 6 aromatic carbocycles. The van der Waals surface area contributed by atoms with Crippen LogP contribution in [0.1, 0.15) is 46.2 Å². The smallest absolute Gasteiger partial charge is 0.152 e. The van der Waals surface area contributed by atoms with Crippen molar-refractivity contribution in [3.8, 4) is 28.5 Å². The molecular formula is C67H71Br3N16O3. The number of rotatable bonds is 15. The van der Waals surface area contributed by atoms with Gasteiger partial charge in [0.25, 0.3) is 0 Å². The Balaban J connectivity index is 0.000000154. The van der Waals surface area contributed by atoms with Gasteiger partial charge in [0.15, 0.2) is 11.6 Å². The number of nitrogens with one attached hydrogen (secondary N) is 3. The lowest BCUT2D eigenvalue weighted by Gasteiger charge is -2.05. The minimum Gasteiger partial charge on any atom is -0.494 e. The fourth-order valence-electron chi connectivity index (χ4n) is 9.12. The number of fused-ring (bicyclic) bond motifs is 9. The highest BCUT2D eigenvalue weighted by Gasteiger charge is 2.14. The molecule has 0 aliphatic heterocycles. The number of aromatic amines is 3. The van der Waals surface area contributed by atoms with Crippen LogP contribution in [0.4, 0.5) is 17.5 Å². The molecule has 9 N–H and O–H groups in total. The fraction of sp³-hybridized carbons (Fsp3) is 0.194. The Morgan fingerprint density at radius 1 is 0.472 bits per heavy atom. The topological polar surface area (TPSA) is 266 Å². The summed E-state index contributed by atoms with van der Waals surface area (Å²) in [6, 6.07) is 51.4. The molecule has 0 saturated heterocycles. The number of hydrogen-bond donors (Lipinski definition) is 6. The highest BCUT2D eigenvalue weighted by Crippen LogP contribution is 2.32. The summed E-state index contributed by atoms with van der Waals surface area (Å²) in [5.41, 5.74) is 26.0. The first-order chi connectivity index (χ1) is 43.1. The molecule has 0 spiro atoms. The SMILES string of the molecule is BrCCCOc1ccccc1.C.CC.Cc1ccn[nH]1.Nc1nc2cc(-c3ccn[nH]3)ccc2c2cn(CCCOc3ccccc3)nc12.Nc1nc2cc(Br)ccc2c2cn(CCCOc3ccccc3)nc12.Nc1nc2cc(Br)ccc2c2cn[nH]c12. The number of para-hydroxylation sites is 3. The molecule has 458 valence electrons. The van der Waals surface area contributed by atoms with Crippen molar-refractivity contribution >= 4 is 131 Å². The zero-order valence-electron chi connectivity index (χ0n) is 48.8. The monoisotopic (exact) mass is 1380 g/mol. The zero-order valence-corrected chi connectivity index (χ0v) is 53.6. The van der Waals surface area contributed by atoms with E-state index in [-0.39, 0.29) is 7.43 Å². The molecule has 8 heterocycles. The van der Waals surface area contributed by atoms with E-state index in [4.69, 9.17) is 31.4 Å². The minimum atomic E-state index is 0. The Kier molecular flexibility index (Phi) is 24.4. The van der Waals surface area contributed by atoms with Crippen molar-refractivity contribution < 1.29 is 14.2 Å². The first-order valence-corrected chi connectivity index (χ1v) is 31.3. The van der Waals surface area contributed by atoms with Crippen LogP contribution in [-0.2, 0) is 13.1 Å². The van der Waals surface area contributed by atoms with Crippen LogP contribution < -0.4 is 31.4 Å². The minimum absolute atomic E-state index is 0. The van der Waals surface area contributed by atoms with Crippen molar-refractivity contribution in [1.82, 2.24) is 65.1 Å². The quantitative estimate of drug-likeness (QED) is 0.0412. The summed E-state index contributed by atoms with van der Waals surface area (Å²) in [7, 11) is 0. The van der Waals surface area contributed by atoms with Gasteiger partial charge in [0.2, 0.25) is 0 Å². The van der Waals surface area contributed by atoms with Crippen molar-refractivity contribution in [3.05, 3.63) is 203 Å². The Morgan fingerprint density at radius 3 is 1.37 bits per heavy atom. The van der Waals surface area contributed by atoms with Gasteiger partial charge >= 0.3 is 0 Å². The number of hydrogen-bond acceptors (Lipinski definition) is 14. The molecule has 0 amide bonds. The van der Waals surface area contributed by atoms with Crippen molar-refractivity contribution in [1.29, 1.82) is 0 Å². The summed E-state index contributed by atoms with van der Waals surface area (Å²) >= 11 is 10.2. The molecule has 0 radical (unpaired) electrons. The number of aryl methyl sites for hydroxylation is 3. The van der Waals surface area contributed by atoms with Crippen molar-refractivity contribution in [2.24, 2.45) is 0 Å². The summed E-state index contributed by atoms with van der Waals surface area (Å²) in [5.74, 6) is 4.10. The molecule has 14 rings (SSSR count). The Bertz CT molecular complexity index is 4420. The second kappa shape index (κ2) is 33.1. The first kappa shape index (κ1) is 65.6. The van der Waals surface area contributed by atoms with Gasteiger partial charge in [-0.25, -0.2) is 15.0 Å². The lowest BCUT2D eigenvalue weighted by Crippen LogP contribution is -2.05. The Labute approximate surface area is 541 Å². The van der Waals surface area contributed by atoms with Gasteiger partial charge in [-0.15, -0.1) is 0 Å². The molecular weight excluding hydrogens is 1320 g/mol. The number of nitrogens with two attached hydrogens (primary N) is 3. The summed E-state index contributed by atoms with van der Waals surface area (Å²) in [6.45, 7) is 9.53. The zero-order chi connectivity index (χ0) is 61.6. The van der Waals surface area contributed by atoms with Gasteiger partial charge in [-0.05, 0) is 92.2 Å². The Morgan fingerprint density at radius 2 is 0.921 bits per heavy atom. The third-order valence-electron chi connectivity index (χ3n) is 13.2. The molecule has 89 heavy (non-hydrogen) atoms. The van der Waals surface area contributed by atoms with E-state index in [1.165, 1.54) is 0 Å². The van der Waals surface area contributed by atoms with Crippen LogP contribution in [0, 0.1) is 6.92 Å². The maximum atomic E-state index is 6.20. The molecule has 0 aliphatic carbocycles. The number of anilines is 3. The number of aromatic nitrogens is 13. The van der Waals surface area contributed by atoms with Crippen LogP contribution in [0.5, 0.6) is 17.2 Å². The highest BCUT2D eigenvalue weighted by atomic mass is 79.9. The molecule has 0 bridgehead atoms. The van der Waals surface area contributed by atoms with Crippen LogP contribution in [0.3, 0.4) is 0 Å². The third kappa shape index (κ3) is 17.9. The summed E-state index contributed by atoms with van der Waals surface area (Å²) in [6.07, 6.45) is 12.1. The second-order valence-electron chi connectivity index (χ2n) is 19.5. The summed E-state index contributed by atoms with van der Waals surface area (Å²) in [5, 5.41) is 36.7. The number of nitrogen functional groups attached to an aromatic ring is 3. The lowest BCUT2D eigenvalue weighted by molar-refractivity contribution is 0.299. The summed E-state index contributed by atoms with van der Waals surface area (Å²) in [4.78, 5) is 13.3. The number of pyridine rings is 3. The van der Waals surface area contributed by atoms with Gasteiger partial charge in [-0.2, -0.15) is 25.5 Å². The van der Waals surface area contributed by atoms with E-state index in [0.29, 0.717) is 30.7 Å². The number of benzene rings is 6. The molecule has 22 heteroatoms. The van der Waals surface area contributed by atoms with E-state index >= 15 is 0 Å². The van der Waals surface area contributed by atoms with Crippen LogP contribution in [0.2, 0.25) is 0 Å². The molecule has 14 aromatic rings. The normalized spacial score (nSPS) is 10.6. The number of H-pyrrole nitrogens is 3. The van der Waals surface area contributed by atoms with Crippen LogP contribution in [-0.4, -0.2) is 90.3 Å². The summed E-state index contributed by atoms with van der Waals surface area (Å²) < 4.78 is 22.7. The van der Waals surface area contributed by atoms with E-state index in [1.807, 2.05) is 188 Å². The predicted octanol–water partition coefficient (Wildman–Crippen LogP) is 16.1. The predicted molar refractivity (Wildman–Crippen MR) is 373 cm³/mol. The lowest BCUT2D eigenvalue weighted by atomic mass is 10.1. The standard InChI is InChI=1S/C22H20N6O.C19H17BrN4O.C10H7BrN4.C9H11BrO.C4H6N2.C2H6.CH4/c23-22-21-18(14-28(27-21)11-4-12-29-16-5-2-1-3-6-16)17-8-7-15(13-20(17)25-22)19-9-10-24-26-19;20-13-7-8-15-16-12-24(23-18(16)19(21)22-17(15)11-13)9-4-10-25-14-5-2-1-3-6-14;11-5-1-2-6-7-4-13-15-9(7)10(12)14-8(6)3-5;10-7-4-8-11-9-5-2-1-3-6-9;1-4-2-3-5-6-4;1-2;/h1-3,5-10,13-14H,4,11-12H2,(H2,23,25)(H,24,26);1-3,5-8,11-12H,4,9-10H2,(H2,21,22);1-4H,(H2,12,14)(H,13,15);1-3,5-6H,4,7-8H2;2-3H,1H3,(H,5,6);1-2H3;1H4. The molecule has 19 nitrogen and oxygen atoms in total. The van der Waals surface area contributed by atoms with E-state index < -0.39 is 0 Å². The number of halogens is 3. The fourth-order valence-corrected chi connectivity index (χ4v) is 10.0. The largest absolute Gasteiger partial charge is 0.494 e. The number of alkyl halides is 1. The second-order valence-corrected chi connectivity index (χ2v) is 22.1. The van der Waals surface area contributed by atoms with Gasteiger partial charge in [0, 0.05) is 109 Å². The van der Waals surface area contributed by atoms with Gasteiger partial charge < -0.3 is 31.4 Å². The van der Waals surface area contributed by atoms with E-state index in [0.717, 1.165) is 153 Å². The molecule has 0 atom stereocenters. The van der Waals surface area contributed by atoms with Crippen LogP contribution in [0.25, 0.3) is 76.7 Å². The highest BCUT2D eigenvalue weighted by molar-refractivity contribution is 9.10. The molecule has 0 unspecified atom stereocenters. The van der Waals surface area contributed by atoms with Gasteiger partial charge in [0.05, 0.1) is 48.3 Å². The van der Waals surface area contributed by atoms with E-state index in [1.54, 1.807) is 18.6 Å². The molecule has 0 fully saturated rings. The Hall–Kier alpha value is -9.38. The molecule has 0 saturated carbocycles. The first-order valence-electron chi connectivity index (χ1n) is 28.6. The maximum Gasteiger partial charge on any atom is 0.152 e. The van der Waals surface area contributed by atoms with E-state index in [2.05, 4.69) is 116 Å². The van der Waals surface area contributed by atoms with Gasteiger partial charge in [-0.1, -0.05) is 148 Å². The maximum absolute atomic E-state index is 6.20. The molecule has 0 aliphatic rings. The average molecular weight is 1390 g/mol. The van der Waals surface area contributed by atoms with Gasteiger partial charge in [0.1, 0.15) is 39.6 Å². The van der Waals surface area contributed by atoms with Crippen molar-refractivity contribution in [2.75, 3.05) is 42.4 Å². The molecule has 8 aromatic heterocycles. The van der Waals surface area contributed by atoms with Crippen molar-refractivity contribution in [3.63, 3.8) is 0 Å². The average Bonchev–Trinajstić information content (AvgIpc) is 2.41. The third-order valence-corrected chi connectivity index (χ3v) is 14.8. The van der Waals surface area contributed by atoms with Gasteiger partial charge in [-0.3, -0.25) is 24.7 Å². The number of ether oxygens (including phenoxy) is 3. The van der Waals surface area contributed by atoms with E-state index in [9.17, 15) is 0 Å². The van der Waals surface area contributed by atoms with Crippen LogP contribution in [0.15, 0.2) is 198 Å². The number of nitrogens with zero attached hydrogens (tertiary/aromatic N) is 10.